The molecule has 1 fully saturated rings. The molecule has 0 saturated carbocycles. The Morgan fingerprint density at radius 2 is 1.85 bits per heavy atom. The van der Waals surface area contributed by atoms with Crippen LogP contribution in [0.2, 0.25) is 5.15 Å². The molecule has 27 heavy (non-hydrogen) atoms. The number of carbonyl (C=O) groups excluding carboxylic acids is 1. The minimum Gasteiger partial charge on any atom is -0.325 e. The zero-order valence-electron chi connectivity index (χ0n) is 14.6. The zero-order chi connectivity index (χ0) is 19.3. The second kappa shape index (κ2) is 8.79. The van der Waals surface area contributed by atoms with Gasteiger partial charge >= 0.3 is 0 Å². The molecule has 9 heteroatoms. The molecule has 3 rings (SSSR count). The number of hydrogen-bond donors (Lipinski definition) is 2. The normalized spacial score (nSPS) is 16.2. The molecule has 1 amide bonds. The van der Waals surface area contributed by atoms with Gasteiger partial charge in [0.1, 0.15) is 10.0 Å². The molecule has 0 atom stereocenters. The Morgan fingerprint density at radius 3 is 2.48 bits per heavy atom. The molecule has 0 bridgehead atoms. The standard InChI is InChI=1S/C18H21ClN4O3S/c19-17-7-6-16(12-20-17)27(25,26)22-15-8-10-23(11-9-15)13-18(24)21-14-4-2-1-3-5-14/h1-7,12,15,22H,8-11,13H2,(H,21,24). The minimum atomic E-state index is -3.63. The summed E-state index contributed by atoms with van der Waals surface area (Å²) in [6.07, 6.45) is 2.52. The molecule has 0 aliphatic carbocycles. The van der Waals surface area contributed by atoms with Gasteiger partial charge in [-0.05, 0) is 37.1 Å². The summed E-state index contributed by atoms with van der Waals surface area (Å²) in [5.74, 6) is -0.0764. The summed E-state index contributed by atoms with van der Waals surface area (Å²) in [6, 6.07) is 12.0. The summed E-state index contributed by atoms with van der Waals surface area (Å²) in [5, 5.41) is 3.10. The predicted octanol–water partition coefficient (Wildman–Crippen LogP) is 2.12. The maximum atomic E-state index is 12.4. The van der Waals surface area contributed by atoms with E-state index in [-0.39, 0.29) is 28.5 Å². The third-order valence-electron chi connectivity index (χ3n) is 4.34. The maximum absolute atomic E-state index is 12.4. The van der Waals surface area contributed by atoms with E-state index in [0.717, 1.165) is 5.69 Å². The van der Waals surface area contributed by atoms with Crippen molar-refractivity contribution in [3.8, 4) is 0 Å². The second-order valence-electron chi connectivity index (χ2n) is 6.40. The van der Waals surface area contributed by atoms with Crippen LogP contribution in [0.4, 0.5) is 5.69 Å². The predicted molar refractivity (Wildman–Crippen MR) is 104 cm³/mol. The lowest BCUT2D eigenvalue weighted by molar-refractivity contribution is -0.117. The van der Waals surface area contributed by atoms with Gasteiger partial charge in [0, 0.05) is 31.0 Å². The maximum Gasteiger partial charge on any atom is 0.242 e. The first-order valence-electron chi connectivity index (χ1n) is 8.63. The molecule has 1 aliphatic heterocycles. The number of halogens is 1. The summed E-state index contributed by atoms with van der Waals surface area (Å²) in [5.41, 5.74) is 0.765. The van der Waals surface area contributed by atoms with Crippen molar-refractivity contribution in [2.75, 3.05) is 25.0 Å². The zero-order valence-corrected chi connectivity index (χ0v) is 16.2. The lowest BCUT2D eigenvalue weighted by Gasteiger charge is -2.31. The Hall–Kier alpha value is -2.00. The molecule has 0 unspecified atom stereocenters. The van der Waals surface area contributed by atoms with Crippen LogP contribution in [-0.2, 0) is 14.8 Å². The Kier molecular flexibility index (Phi) is 6.43. The molecular formula is C18H21ClN4O3S. The molecule has 2 aromatic rings. The third-order valence-corrected chi connectivity index (χ3v) is 6.07. The van der Waals surface area contributed by atoms with Crippen LogP contribution in [0.5, 0.6) is 0 Å². The number of nitrogens with zero attached hydrogens (tertiary/aromatic N) is 2. The molecular weight excluding hydrogens is 388 g/mol. The molecule has 1 aliphatic rings. The fraction of sp³-hybridized carbons (Fsp3) is 0.333. The molecule has 144 valence electrons. The number of hydrogen-bond acceptors (Lipinski definition) is 5. The van der Waals surface area contributed by atoms with E-state index in [0.29, 0.717) is 25.9 Å². The molecule has 0 radical (unpaired) electrons. The first-order valence-corrected chi connectivity index (χ1v) is 10.5. The van der Waals surface area contributed by atoms with Crippen molar-refractivity contribution in [2.45, 2.75) is 23.8 Å². The fourth-order valence-electron chi connectivity index (χ4n) is 2.94. The van der Waals surface area contributed by atoms with Crippen LogP contribution in [0.25, 0.3) is 0 Å². The lowest BCUT2D eigenvalue weighted by Crippen LogP contribution is -2.46. The van der Waals surface area contributed by atoms with Crippen molar-refractivity contribution in [3.05, 3.63) is 53.8 Å². The van der Waals surface area contributed by atoms with Crippen LogP contribution >= 0.6 is 11.6 Å². The first kappa shape index (κ1) is 19.8. The van der Waals surface area contributed by atoms with Gasteiger partial charge < -0.3 is 5.32 Å². The van der Waals surface area contributed by atoms with E-state index in [1.807, 2.05) is 35.2 Å². The second-order valence-corrected chi connectivity index (χ2v) is 8.50. The number of benzene rings is 1. The number of amides is 1. The van der Waals surface area contributed by atoms with Crippen molar-refractivity contribution in [1.82, 2.24) is 14.6 Å². The number of carbonyl (C=O) groups is 1. The minimum absolute atomic E-state index is 0.0764. The Bertz CT molecular complexity index is 867. The van der Waals surface area contributed by atoms with Gasteiger partial charge in [0.25, 0.3) is 0 Å². The van der Waals surface area contributed by atoms with Crippen LogP contribution < -0.4 is 10.0 Å². The first-order chi connectivity index (χ1) is 12.9. The van der Waals surface area contributed by atoms with E-state index in [4.69, 9.17) is 11.6 Å². The van der Waals surface area contributed by atoms with E-state index in [2.05, 4.69) is 15.0 Å². The SMILES string of the molecule is O=C(CN1CCC(NS(=O)(=O)c2ccc(Cl)nc2)CC1)Nc1ccccc1. The van der Waals surface area contributed by atoms with Crippen LogP contribution in [-0.4, -0.2) is 49.9 Å². The number of pyridine rings is 1. The van der Waals surface area contributed by atoms with Crippen LogP contribution in [0.15, 0.2) is 53.6 Å². The van der Waals surface area contributed by atoms with Crippen LogP contribution in [0.3, 0.4) is 0 Å². The molecule has 0 spiro atoms. The van der Waals surface area contributed by atoms with E-state index in [1.54, 1.807) is 0 Å². The molecule has 2 heterocycles. The number of para-hydroxylation sites is 1. The average Bonchev–Trinajstić information content (AvgIpc) is 2.64. The number of sulfonamides is 1. The van der Waals surface area contributed by atoms with Gasteiger partial charge in [0.05, 0.1) is 6.54 Å². The summed E-state index contributed by atoms with van der Waals surface area (Å²) in [4.78, 5) is 18.0. The highest BCUT2D eigenvalue weighted by Crippen LogP contribution is 2.16. The highest BCUT2D eigenvalue weighted by molar-refractivity contribution is 7.89. The lowest BCUT2D eigenvalue weighted by atomic mass is 10.1. The van der Waals surface area contributed by atoms with Gasteiger partial charge in [-0.3, -0.25) is 9.69 Å². The summed E-state index contributed by atoms with van der Waals surface area (Å²) < 4.78 is 27.5. The van der Waals surface area contributed by atoms with Crippen molar-refractivity contribution in [2.24, 2.45) is 0 Å². The summed E-state index contributed by atoms with van der Waals surface area (Å²) in [6.45, 7) is 1.58. The highest BCUT2D eigenvalue weighted by Gasteiger charge is 2.25. The largest absolute Gasteiger partial charge is 0.325 e. The number of anilines is 1. The van der Waals surface area contributed by atoms with Gasteiger partial charge in [-0.1, -0.05) is 29.8 Å². The average molecular weight is 409 g/mol. The van der Waals surface area contributed by atoms with Crippen molar-refractivity contribution in [3.63, 3.8) is 0 Å². The van der Waals surface area contributed by atoms with Crippen molar-refractivity contribution in [1.29, 1.82) is 0 Å². The van der Waals surface area contributed by atoms with Crippen LogP contribution in [0, 0.1) is 0 Å². The summed E-state index contributed by atoms with van der Waals surface area (Å²) >= 11 is 5.70. The van der Waals surface area contributed by atoms with Gasteiger partial charge in [0.15, 0.2) is 0 Å². The third kappa shape index (κ3) is 5.74. The highest BCUT2D eigenvalue weighted by atomic mass is 35.5. The van der Waals surface area contributed by atoms with E-state index in [9.17, 15) is 13.2 Å². The van der Waals surface area contributed by atoms with Crippen LogP contribution in [0.1, 0.15) is 12.8 Å². The number of nitrogens with one attached hydrogen (secondary N) is 2. The van der Waals surface area contributed by atoms with E-state index in [1.165, 1.54) is 18.3 Å². The fourth-order valence-corrected chi connectivity index (χ4v) is 4.30. The smallest absolute Gasteiger partial charge is 0.242 e. The topological polar surface area (TPSA) is 91.4 Å². The quantitative estimate of drug-likeness (QED) is 0.714. The Balaban J connectivity index is 1.47. The van der Waals surface area contributed by atoms with E-state index >= 15 is 0 Å². The number of aromatic nitrogens is 1. The van der Waals surface area contributed by atoms with Crippen molar-refractivity contribution < 1.29 is 13.2 Å². The number of rotatable bonds is 6. The van der Waals surface area contributed by atoms with E-state index < -0.39 is 10.0 Å². The van der Waals surface area contributed by atoms with Gasteiger partial charge in [0.2, 0.25) is 15.9 Å². The molecule has 1 saturated heterocycles. The molecule has 2 N–H and O–H groups in total. The van der Waals surface area contributed by atoms with Gasteiger partial charge in [-0.25, -0.2) is 18.1 Å². The Labute approximate surface area is 163 Å². The molecule has 1 aromatic carbocycles. The van der Waals surface area contributed by atoms with Gasteiger partial charge in [-0.2, -0.15) is 0 Å². The summed E-state index contributed by atoms with van der Waals surface area (Å²) in [7, 11) is -3.63. The Morgan fingerprint density at radius 1 is 1.15 bits per heavy atom. The molecule has 7 nitrogen and oxygen atoms in total. The molecule has 1 aromatic heterocycles. The van der Waals surface area contributed by atoms with Crippen molar-refractivity contribution >= 4 is 33.2 Å². The number of piperidine rings is 1. The van der Waals surface area contributed by atoms with Gasteiger partial charge in [-0.15, -0.1) is 0 Å². The monoisotopic (exact) mass is 408 g/mol. The number of likely N-dealkylation sites (tertiary alicyclic amines) is 1.